The summed E-state index contributed by atoms with van der Waals surface area (Å²) in [5.74, 6) is 1.31. The Morgan fingerprint density at radius 3 is 2.50 bits per heavy atom. The molecule has 6 heteroatoms. The van der Waals surface area contributed by atoms with Gasteiger partial charge in [-0.1, -0.05) is 65.3 Å². The fraction of sp³-hybridized carbons (Fsp3) is 0.233. The van der Waals surface area contributed by atoms with E-state index in [0.717, 1.165) is 44.8 Å². The monoisotopic (exact) mass is 479 g/mol. The summed E-state index contributed by atoms with van der Waals surface area (Å²) in [6, 6.07) is 21.9. The number of aromatic nitrogens is 2. The lowest BCUT2D eigenvalue weighted by Gasteiger charge is -2.22. The predicted molar refractivity (Wildman–Crippen MR) is 139 cm³/mol. The number of fused-ring (bicyclic) bond motifs is 1. The van der Waals surface area contributed by atoms with E-state index in [4.69, 9.17) is 8.94 Å². The fourth-order valence-corrected chi connectivity index (χ4v) is 4.64. The number of hydrogen-bond acceptors (Lipinski definition) is 5. The van der Waals surface area contributed by atoms with Gasteiger partial charge in [-0.25, -0.2) is 4.98 Å². The van der Waals surface area contributed by atoms with Crippen LogP contribution in [-0.2, 0) is 17.6 Å². The maximum Gasteiger partial charge on any atom is 0.225 e. The lowest BCUT2D eigenvalue weighted by atomic mass is 9.93. The minimum atomic E-state index is -0.225. The Labute approximate surface area is 210 Å². The highest BCUT2D eigenvalue weighted by molar-refractivity contribution is 5.82. The van der Waals surface area contributed by atoms with Gasteiger partial charge in [0.2, 0.25) is 5.91 Å². The predicted octanol–water partition coefficient (Wildman–Crippen LogP) is 6.09. The Kier molecular flexibility index (Phi) is 6.42. The van der Waals surface area contributed by atoms with Gasteiger partial charge in [-0.15, -0.1) is 0 Å². The Morgan fingerprint density at radius 2 is 1.78 bits per heavy atom. The topological polar surface area (TPSA) is 81.2 Å². The van der Waals surface area contributed by atoms with E-state index in [9.17, 15) is 4.79 Å². The molecule has 0 bridgehead atoms. The third-order valence-corrected chi connectivity index (χ3v) is 6.54. The Balaban J connectivity index is 1.35. The zero-order valence-corrected chi connectivity index (χ0v) is 21.0. The zero-order valence-electron chi connectivity index (χ0n) is 21.0. The van der Waals surface area contributed by atoms with E-state index in [1.54, 1.807) is 0 Å². The van der Waals surface area contributed by atoms with Crippen LogP contribution < -0.4 is 5.32 Å². The van der Waals surface area contributed by atoms with Gasteiger partial charge in [0, 0.05) is 5.56 Å². The van der Waals surface area contributed by atoms with E-state index in [1.807, 2.05) is 62.4 Å². The van der Waals surface area contributed by atoms with Crippen LogP contribution in [0.4, 0.5) is 0 Å². The van der Waals surface area contributed by atoms with Gasteiger partial charge in [-0.3, -0.25) is 4.79 Å². The average Bonchev–Trinajstić information content (AvgIpc) is 3.41. The molecule has 0 fully saturated rings. The van der Waals surface area contributed by atoms with Crippen LogP contribution in [0.15, 0.2) is 75.7 Å². The molecular formula is C30H29N3O3. The van der Waals surface area contributed by atoms with E-state index in [2.05, 4.69) is 47.5 Å². The van der Waals surface area contributed by atoms with Crippen molar-refractivity contribution in [2.75, 3.05) is 0 Å². The fourth-order valence-electron chi connectivity index (χ4n) is 4.64. The van der Waals surface area contributed by atoms with E-state index < -0.39 is 0 Å². The summed E-state index contributed by atoms with van der Waals surface area (Å²) in [5.41, 5.74) is 8.62. The summed E-state index contributed by atoms with van der Waals surface area (Å²) < 4.78 is 11.2. The van der Waals surface area contributed by atoms with Crippen LogP contribution in [0.5, 0.6) is 0 Å². The summed E-state index contributed by atoms with van der Waals surface area (Å²) in [6.45, 7) is 7.96. The first-order chi connectivity index (χ1) is 17.4. The third-order valence-electron chi connectivity index (χ3n) is 6.54. The number of rotatable bonds is 7. The van der Waals surface area contributed by atoms with Crippen LogP contribution in [-0.4, -0.2) is 16.0 Å². The Hall–Kier alpha value is -4.19. The normalized spacial score (nSPS) is 12.1. The van der Waals surface area contributed by atoms with Crippen molar-refractivity contribution < 1.29 is 13.7 Å². The molecule has 0 aliphatic rings. The highest BCUT2D eigenvalue weighted by Crippen LogP contribution is 2.26. The van der Waals surface area contributed by atoms with Crippen LogP contribution in [0.25, 0.3) is 11.1 Å². The molecule has 0 saturated carbocycles. The summed E-state index contributed by atoms with van der Waals surface area (Å²) in [7, 11) is 0. The van der Waals surface area contributed by atoms with Crippen LogP contribution in [0.2, 0.25) is 0 Å². The number of aryl methyl sites for hydroxylation is 4. The van der Waals surface area contributed by atoms with Crippen molar-refractivity contribution >= 4 is 17.0 Å². The lowest BCUT2D eigenvalue weighted by molar-refractivity contribution is -0.120. The highest BCUT2D eigenvalue weighted by atomic mass is 16.5. The van der Waals surface area contributed by atoms with Crippen LogP contribution >= 0.6 is 0 Å². The SMILES string of the molecule is Cc1ccc(C(NC(=O)Cc2ccc3oc(Cc4c(C)noc4C)nc3c2)c2ccccc2)c(C)c1. The van der Waals surface area contributed by atoms with Gasteiger partial charge in [0.25, 0.3) is 0 Å². The van der Waals surface area contributed by atoms with E-state index in [-0.39, 0.29) is 18.4 Å². The van der Waals surface area contributed by atoms with Gasteiger partial charge < -0.3 is 14.3 Å². The lowest BCUT2D eigenvalue weighted by Crippen LogP contribution is -2.31. The first-order valence-corrected chi connectivity index (χ1v) is 12.1. The molecule has 5 rings (SSSR count). The second kappa shape index (κ2) is 9.82. The quantitative estimate of drug-likeness (QED) is 0.306. The molecule has 2 heterocycles. The zero-order chi connectivity index (χ0) is 25.2. The number of oxazole rings is 1. The van der Waals surface area contributed by atoms with Crippen molar-refractivity contribution in [3.63, 3.8) is 0 Å². The van der Waals surface area contributed by atoms with Gasteiger partial charge in [0.05, 0.1) is 24.6 Å². The second-order valence-corrected chi connectivity index (χ2v) is 9.34. The summed E-state index contributed by atoms with van der Waals surface area (Å²) in [4.78, 5) is 17.8. The molecule has 1 unspecified atom stereocenters. The molecule has 0 aliphatic carbocycles. The maximum absolute atomic E-state index is 13.2. The number of carbonyl (C=O) groups excluding carboxylic acids is 1. The molecule has 1 amide bonds. The number of benzene rings is 3. The van der Waals surface area contributed by atoms with Gasteiger partial charge >= 0.3 is 0 Å². The highest BCUT2D eigenvalue weighted by Gasteiger charge is 2.20. The maximum atomic E-state index is 13.2. The van der Waals surface area contributed by atoms with E-state index in [1.165, 1.54) is 5.56 Å². The molecule has 0 saturated heterocycles. The number of amides is 1. The van der Waals surface area contributed by atoms with Crippen LogP contribution in [0.1, 0.15) is 56.8 Å². The largest absolute Gasteiger partial charge is 0.440 e. The van der Waals surface area contributed by atoms with Crippen molar-refractivity contribution in [2.45, 2.75) is 46.6 Å². The number of carbonyl (C=O) groups is 1. The molecule has 1 N–H and O–H groups in total. The molecule has 2 aromatic heterocycles. The van der Waals surface area contributed by atoms with E-state index in [0.29, 0.717) is 17.9 Å². The molecule has 36 heavy (non-hydrogen) atoms. The minimum absolute atomic E-state index is 0.0531. The van der Waals surface area contributed by atoms with Gasteiger partial charge in [-0.05, 0) is 62.1 Å². The van der Waals surface area contributed by atoms with Gasteiger partial charge in [0.1, 0.15) is 11.3 Å². The first kappa shape index (κ1) is 23.5. The summed E-state index contributed by atoms with van der Waals surface area (Å²) in [5, 5.41) is 7.25. The smallest absolute Gasteiger partial charge is 0.225 e. The number of nitrogens with zero attached hydrogens (tertiary/aromatic N) is 2. The van der Waals surface area contributed by atoms with Gasteiger partial charge in [0.15, 0.2) is 11.5 Å². The number of hydrogen-bond donors (Lipinski definition) is 1. The molecular weight excluding hydrogens is 450 g/mol. The molecule has 0 spiro atoms. The molecule has 3 aromatic carbocycles. The molecule has 6 nitrogen and oxygen atoms in total. The Bertz CT molecular complexity index is 1510. The van der Waals surface area contributed by atoms with Crippen LogP contribution in [0, 0.1) is 27.7 Å². The standard InChI is InChI=1S/C30H29N3O3/c1-18-10-12-24(19(2)14-18)30(23-8-6-5-7-9-23)32-28(34)16-22-11-13-27-26(15-22)31-29(35-27)17-25-20(3)33-36-21(25)4/h5-15,30H,16-17H2,1-4H3,(H,32,34). The molecule has 1 atom stereocenters. The molecule has 0 aliphatic heterocycles. The first-order valence-electron chi connectivity index (χ1n) is 12.1. The van der Waals surface area contributed by atoms with Crippen molar-refractivity contribution in [2.24, 2.45) is 0 Å². The van der Waals surface area contributed by atoms with Crippen molar-refractivity contribution in [1.29, 1.82) is 0 Å². The molecule has 5 aromatic rings. The Morgan fingerprint density at radius 1 is 0.972 bits per heavy atom. The van der Waals surface area contributed by atoms with E-state index >= 15 is 0 Å². The second-order valence-electron chi connectivity index (χ2n) is 9.34. The average molecular weight is 480 g/mol. The van der Waals surface area contributed by atoms with Gasteiger partial charge in [-0.2, -0.15) is 0 Å². The summed E-state index contributed by atoms with van der Waals surface area (Å²) in [6.07, 6.45) is 0.760. The van der Waals surface area contributed by atoms with Crippen LogP contribution in [0.3, 0.4) is 0 Å². The molecule has 182 valence electrons. The summed E-state index contributed by atoms with van der Waals surface area (Å²) >= 11 is 0. The third kappa shape index (κ3) is 4.93. The molecule has 0 radical (unpaired) electrons. The van der Waals surface area contributed by atoms with Crippen molar-refractivity contribution in [3.8, 4) is 0 Å². The van der Waals surface area contributed by atoms with Crippen molar-refractivity contribution in [3.05, 3.63) is 117 Å². The number of nitrogens with one attached hydrogen (secondary N) is 1. The minimum Gasteiger partial charge on any atom is -0.440 e. The van der Waals surface area contributed by atoms with Crippen molar-refractivity contribution in [1.82, 2.24) is 15.5 Å².